The van der Waals surface area contributed by atoms with Gasteiger partial charge in [-0.05, 0) is 50.2 Å². The molecule has 3 nitrogen and oxygen atoms in total. The van der Waals surface area contributed by atoms with Gasteiger partial charge in [-0.3, -0.25) is 0 Å². The second-order valence-corrected chi connectivity index (χ2v) is 6.69. The molecule has 4 heteroatoms. The number of thiophene rings is 1. The highest BCUT2D eigenvalue weighted by Gasteiger charge is 2.23. The Morgan fingerprint density at radius 2 is 2.21 bits per heavy atom. The molecule has 0 amide bonds. The predicted molar refractivity (Wildman–Crippen MR) is 76.3 cm³/mol. The summed E-state index contributed by atoms with van der Waals surface area (Å²) in [6.07, 6.45) is 9.33. The lowest BCUT2D eigenvalue weighted by molar-refractivity contribution is 0.570. The molecule has 19 heavy (non-hydrogen) atoms. The van der Waals surface area contributed by atoms with Crippen LogP contribution in [0.3, 0.4) is 0 Å². The van der Waals surface area contributed by atoms with Crippen molar-refractivity contribution in [3.8, 4) is 10.6 Å². The van der Waals surface area contributed by atoms with Crippen molar-refractivity contribution >= 4 is 11.3 Å². The lowest BCUT2D eigenvalue weighted by Crippen LogP contribution is -2.15. The van der Waals surface area contributed by atoms with Crippen LogP contribution in [0.5, 0.6) is 0 Å². The third-order valence-electron chi connectivity index (χ3n) is 4.00. The van der Waals surface area contributed by atoms with Crippen LogP contribution in [-0.2, 0) is 19.4 Å². The molecule has 1 fully saturated rings. The Kier molecular flexibility index (Phi) is 2.93. The average Bonchev–Trinajstić information content (AvgIpc) is 3.00. The van der Waals surface area contributed by atoms with E-state index in [1.165, 1.54) is 49.0 Å². The summed E-state index contributed by atoms with van der Waals surface area (Å²) < 4.78 is 5.64. The summed E-state index contributed by atoms with van der Waals surface area (Å²) in [6.45, 7) is 0.832. The maximum Gasteiger partial charge on any atom is 0.181 e. The highest BCUT2D eigenvalue weighted by atomic mass is 32.1. The molecule has 0 atom stereocenters. The summed E-state index contributed by atoms with van der Waals surface area (Å²) in [6, 6.07) is 3.03. The highest BCUT2D eigenvalue weighted by molar-refractivity contribution is 7.15. The maximum absolute atomic E-state index is 5.64. The molecule has 2 aliphatic rings. The lowest BCUT2D eigenvalue weighted by Gasteiger charge is -2.08. The predicted octanol–water partition coefficient (Wildman–Crippen LogP) is 3.53. The van der Waals surface area contributed by atoms with Crippen molar-refractivity contribution in [3.63, 3.8) is 0 Å². The second-order valence-electron chi connectivity index (χ2n) is 5.55. The Hall–Kier alpha value is -1.13. The first-order valence-electron chi connectivity index (χ1n) is 7.18. The molecule has 2 aromatic heterocycles. The number of oxazole rings is 1. The van der Waals surface area contributed by atoms with Gasteiger partial charge in [-0.15, -0.1) is 11.3 Å². The minimum absolute atomic E-state index is 0.709. The molecule has 2 aliphatic carbocycles. The maximum atomic E-state index is 5.64. The number of aryl methyl sites for hydroxylation is 2. The molecule has 0 saturated heterocycles. The molecular formula is C15H18N2OS. The molecule has 0 aromatic carbocycles. The van der Waals surface area contributed by atoms with Crippen molar-refractivity contribution in [1.82, 2.24) is 10.3 Å². The third kappa shape index (κ3) is 2.35. The Bertz CT molecular complexity index is 559. The fraction of sp³-hybridized carbons (Fsp3) is 0.533. The average molecular weight is 274 g/mol. The van der Waals surface area contributed by atoms with Gasteiger partial charge in [0, 0.05) is 17.5 Å². The largest absolute Gasteiger partial charge is 0.442 e. The smallest absolute Gasteiger partial charge is 0.181 e. The SMILES string of the molecule is c1nc(CNC2CC2)c(-c2cc3c(s2)CCCC3)o1. The molecule has 4 rings (SSSR count). The summed E-state index contributed by atoms with van der Waals surface area (Å²) in [4.78, 5) is 7.19. The monoisotopic (exact) mass is 274 g/mol. The van der Waals surface area contributed by atoms with Crippen molar-refractivity contribution in [1.29, 1.82) is 0 Å². The van der Waals surface area contributed by atoms with Crippen LogP contribution >= 0.6 is 11.3 Å². The molecule has 2 aromatic rings. The first-order chi connectivity index (χ1) is 9.40. The molecule has 0 aliphatic heterocycles. The van der Waals surface area contributed by atoms with Crippen LogP contribution in [0, 0.1) is 0 Å². The van der Waals surface area contributed by atoms with Crippen molar-refractivity contribution in [3.05, 3.63) is 28.6 Å². The molecule has 0 radical (unpaired) electrons. The first-order valence-corrected chi connectivity index (χ1v) is 7.99. The summed E-state index contributed by atoms with van der Waals surface area (Å²) in [5, 5.41) is 3.51. The fourth-order valence-corrected chi connectivity index (χ4v) is 3.99. The number of rotatable bonds is 4. The van der Waals surface area contributed by atoms with Crippen molar-refractivity contribution in [2.24, 2.45) is 0 Å². The number of aromatic nitrogens is 1. The second kappa shape index (κ2) is 4.76. The summed E-state index contributed by atoms with van der Waals surface area (Å²) >= 11 is 1.90. The molecule has 2 heterocycles. The van der Waals surface area contributed by atoms with Crippen molar-refractivity contribution in [2.75, 3.05) is 0 Å². The van der Waals surface area contributed by atoms with Gasteiger partial charge < -0.3 is 9.73 Å². The van der Waals surface area contributed by atoms with E-state index in [0.29, 0.717) is 6.04 Å². The van der Waals surface area contributed by atoms with Crippen LogP contribution in [0.1, 0.15) is 41.8 Å². The molecule has 1 N–H and O–H groups in total. The number of hydrogen-bond donors (Lipinski definition) is 1. The molecular weight excluding hydrogens is 256 g/mol. The van der Waals surface area contributed by atoms with Gasteiger partial charge in [0.15, 0.2) is 12.2 Å². The third-order valence-corrected chi connectivity index (χ3v) is 5.23. The Morgan fingerprint density at radius 3 is 3.05 bits per heavy atom. The van der Waals surface area contributed by atoms with E-state index in [1.807, 2.05) is 11.3 Å². The number of nitrogens with one attached hydrogen (secondary N) is 1. The van der Waals surface area contributed by atoms with E-state index >= 15 is 0 Å². The topological polar surface area (TPSA) is 38.1 Å². The standard InChI is InChI=1S/C15H18N2OS/c1-2-4-13-10(3-1)7-14(19-13)15-12(17-9-18-15)8-16-11-5-6-11/h7,9,11,16H,1-6,8H2. The molecule has 0 spiro atoms. The van der Waals surface area contributed by atoms with E-state index in [4.69, 9.17) is 4.42 Å². The molecule has 0 unspecified atom stereocenters. The fourth-order valence-electron chi connectivity index (χ4n) is 2.73. The minimum Gasteiger partial charge on any atom is -0.442 e. The van der Waals surface area contributed by atoms with Crippen LogP contribution in [0.2, 0.25) is 0 Å². The van der Waals surface area contributed by atoms with Crippen LogP contribution in [-0.4, -0.2) is 11.0 Å². The van der Waals surface area contributed by atoms with Crippen molar-refractivity contribution in [2.45, 2.75) is 51.1 Å². The normalized spacial score (nSPS) is 18.5. The van der Waals surface area contributed by atoms with Gasteiger partial charge >= 0.3 is 0 Å². The molecule has 0 bridgehead atoms. The quantitative estimate of drug-likeness (QED) is 0.926. The van der Waals surface area contributed by atoms with Gasteiger partial charge in [0.2, 0.25) is 0 Å². The van der Waals surface area contributed by atoms with E-state index in [1.54, 1.807) is 11.3 Å². The minimum atomic E-state index is 0.709. The van der Waals surface area contributed by atoms with Gasteiger partial charge in [-0.2, -0.15) is 0 Å². The summed E-state index contributed by atoms with van der Waals surface area (Å²) in [5.74, 6) is 0.979. The summed E-state index contributed by atoms with van der Waals surface area (Å²) in [5.41, 5.74) is 2.59. The van der Waals surface area contributed by atoms with Crippen LogP contribution in [0.25, 0.3) is 10.6 Å². The van der Waals surface area contributed by atoms with Crippen LogP contribution < -0.4 is 5.32 Å². The Labute approximate surface area is 117 Å². The number of hydrogen-bond acceptors (Lipinski definition) is 4. The zero-order valence-electron chi connectivity index (χ0n) is 10.9. The number of nitrogens with zero attached hydrogens (tertiary/aromatic N) is 1. The highest BCUT2D eigenvalue weighted by Crippen LogP contribution is 2.37. The molecule has 1 saturated carbocycles. The Balaban J connectivity index is 1.60. The van der Waals surface area contributed by atoms with E-state index in [9.17, 15) is 0 Å². The van der Waals surface area contributed by atoms with E-state index in [2.05, 4.69) is 16.4 Å². The van der Waals surface area contributed by atoms with Gasteiger partial charge in [0.05, 0.1) is 4.88 Å². The molecule has 100 valence electrons. The van der Waals surface area contributed by atoms with Gasteiger partial charge in [-0.25, -0.2) is 4.98 Å². The Morgan fingerprint density at radius 1 is 1.32 bits per heavy atom. The lowest BCUT2D eigenvalue weighted by atomic mass is 9.99. The van der Waals surface area contributed by atoms with E-state index in [0.717, 1.165) is 18.0 Å². The first kappa shape index (κ1) is 11.7. The zero-order chi connectivity index (χ0) is 12.7. The van der Waals surface area contributed by atoms with Crippen LogP contribution in [0.4, 0.5) is 0 Å². The zero-order valence-corrected chi connectivity index (χ0v) is 11.8. The van der Waals surface area contributed by atoms with Crippen LogP contribution in [0.15, 0.2) is 16.9 Å². The van der Waals surface area contributed by atoms with Gasteiger partial charge in [0.25, 0.3) is 0 Å². The van der Waals surface area contributed by atoms with Crippen molar-refractivity contribution < 1.29 is 4.42 Å². The van der Waals surface area contributed by atoms with Gasteiger partial charge in [-0.1, -0.05) is 0 Å². The van der Waals surface area contributed by atoms with Gasteiger partial charge in [0.1, 0.15) is 5.69 Å². The number of fused-ring (bicyclic) bond motifs is 1. The summed E-state index contributed by atoms with van der Waals surface area (Å²) in [7, 11) is 0. The van der Waals surface area contributed by atoms with E-state index in [-0.39, 0.29) is 0 Å². The van der Waals surface area contributed by atoms with E-state index < -0.39 is 0 Å².